The number of hydrogen-bond donors (Lipinski definition) is 0. The fourth-order valence-corrected chi connectivity index (χ4v) is 5.41. The third kappa shape index (κ3) is 4.05. The monoisotopic (exact) mass is 412 g/mol. The first-order valence-electron chi connectivity index (χ1n) is 11.4. The molecule has 0 atom stereocenters. The Kier molecular flexibility index (Phi) is 5.65. The van der Waals surface area contributed by atoms with Crippen molar-refractivity contribution in [2.75, 3.05) is 33.5 Å². The van der Waals surface area contributed by atoms with Crippen molar-refractivity contribution >= 4 is 0 Å². The molecule has 0 radical (unpaired) electrons. The first-order valence-corrected chi connectivity index (χ1v) is 11.4. The molecule has 2 aromatic rings. The van der Waals surface area contributed by atoms with Crippen molar-refractivity contribution in [1.82, 2.24) is 19.9 Å². The molecule has 3 heterocycles. The summed E-state index contributed by atoms with van der Waals surface area (Å²) in [6, 6.07) is 5.75. The highest BCUT2D eigenvalue weighted by Gasteiger charge is 2.39. The Balaban J connectivity index is 1.26. The number of likely N-dealkylation sites (tertiary alicyclic amines) is 1. The van der Waals surface area contributed by atoms with Gasteiger partial charge in [-0.3, -0.25) is 9.80 Å². The number of ether oxygens (including phenoxy) is 2. The summed E-state index contributed by atoms with van der Waals surface area (Å²) in [6.07, 6.45) is 10.8. The van der Waals surface area contributed by atoms with Gasteiger partial charge in [0, 0.05) is 17.6 Å². The van der Waals surface area contributed by atoms with E-state index < -0.39 is 0 Å². The molecule has 2 aliphatic heterocycles. The predicted molar refractivity (Wildman–Crippen MR) is 113 cm³/mol. The van der Waals surface area contributed by atoms with Crippen molar-refractivity contribution < 1.29 is 14.0 Å². The summed E-state index contributed by atoms with van der Waals surface area (Å²) in [6.45, 7) is 4.51. The van der Waals surface area contributed by atoms with Crippen LogP contribution in [0.1, 0.15) is 57.3 Å². The van der Waals surface area contributed by atoms with Crippen LogP contribution in [0.25, 0.3) is 11.4 Å². The van der Waals surface area contributed by atoms with E-state index in [4.69, 9.17) is 14.0 Å². The summed E-state index contributed by atoms with van der Waals surface area (Å²) >= 11 is 0. The molecular weight excluding hydrogens is 380 g/mol. The van der Waals surface area contributed by atoms with Gasteiger partial charge < -0.3 is 14.0 Å². The average molecular weight is 413 g/mol. The molecular formula is C23H32N4O3. The fourth-order valence-electron chi connectivity index (χ4n) is 5.41. The quantitative estimate of drug-likeness (QED) is 0.708. The van der Waals surface area contributed by atoms with Gasteiger partial charge in [-0.05, 0) is 64.0 Å². The minimum atomic E-state index is 0.264. The van der Waals surface area contributed by atoms with Gasteiger partial charge >= 0.3 is 0 Å². The number of piperidine rings is 1. The van der Waals surface area contributed by atoms with E-state index in [9.17, 15) is 0 Å². The van der Waals surface area contributed by atoms with E-state index in [1.807, 2.05) is 18.2 Å². The molecule has 162 valence electrons. The Morgan fingerprint density at radius 1 is 1.00 bits per heavy atom. The molecule has 7 nitrogen and oxygen atoms in total. The van der Waals surface area contributed by atoms with E-state index >= 15 is 0 Å². The van der Waals surface area contributed by atoms with E-state index in [1.165, 1.54) is 64.5 Å². The second kappa shape index (κ2) is 8.55. The van der Waals surface area contributed by atoms with Crippen molar-refractivity contribution in [3.63, 3.8) is 0 Å². The fraction of sp³-hybridized carbons (Fsp3) is 0.652. The van der Waals surface area contributed by atoms with Crippen LogP contribution in [-0.4, -0.2) is 59.0 Å². The third-order valence-electron chi connectivity index (χ3n) is 6.88. The summed E-state index contributed by atoms with van der Waals surface area (Å²) in [5, 5.41) is 4.20. The van der Waals surface area contributed by atoms with E-state index in [0.717, 1.165) is 23.6 Å². The second-order valence-corrected chi connectivity index (χ2v) is 9.08. The molecule has 30 heavy (non-hydrogen) atoms. The van der Waals surface area contributed by atoms with Gasteiger partial charge in [0.25, 0.3) is 0 Å². The van der Waals surface area contributed by atoms with Crippen LogP contribution in [0.2, 0.25) is 0 Å². The Morgan fingerprint density at radius 3 is 2.60 bits per heavy atom. The van der Waals surface area contributed by atoms with E-state index in [1.54, 1.807) is 0 Å². The third-order valence-corrected chi connectivity index (χ3v) is 6.88. The molecule has 0 amide bonds. The largest absolute Gasteiger partial charge is 0.454 e. The zero-order valence-electron chi connectivity index (χ0n) is 17.9. The number of fused-ring (bicyclic) bond motifs is 1. The lowest BCUT2D eigenvalue weighted by atomic mass is 9.79. The average Bonchev–Trinajstić information content (AvgIpc) is 3.44. The van der Waals surface area contributed by atoms with Crippen LogP contribution in [0.5, 0.6) is 11.5 Å². The standard InChI is InChI=1S/C23H32N4O3/c1-26(16-23(10-4-2-5-11-23)27-12-6-3-7-13-27)15-21-24-22(25-30-21)18-8-9-19-20(14-18)29-17-28-19/h8-9,14H,2-7,10-13,15-17H2,1H3. The lowest BCUT2D eigenvalue weighted by Gasteiger charge is -2.49. The first-order chi connectivity index (χ1) is 14.7. The molecule has 2 fully saturated rings. The van der Waals surface area contributed by atoms with Gasteiger partial charge in [0.05, 0.1) is 6.54 Å². The molecule has 1 aromatic carbocycles. The molecule has 1 aliphatic carbocycles. The summed E-state index contributed by atoms with van der Waals surface area (Å²) in [4.78, 5) is 9.81. The molecule has 1 aromatic heterocycles. The van der Waals surface area contributed by atoms with Gasteiger partial charge in [-0.1, -0.05) is 30.8 Å². The highest BCUT2D eigenvalue weighted by Crippen LogP contribution is 2.37. The Labute approximate surface area is 178 Å². The minimum absolute atomic E-state index is 0.264. The minimum Gasteiger partial charge on any atom is -0.454 e. The topological polar surface area (TPSA) is 63.9 Å². The summed E-state index contributed by atoms with van der Waals surface area (Å²) in [5.74, 6) is 2.75. The lowest BCUT2D eigenvalue weighted by molar-refractivity contribution is 0.00619. The summed E-state index contributed by atoms with van der Waals surface area (Å²) in [5.41, 5.74) is 1.20. The van der Waals surface area contributed by atoms with Crippen LogP contribution in [0.3, 0.4) is 0 Å². The zero-order valence-corrected chi connectivity index (χ0v) is 17.9. The van der Waals surface area contributed by atoms with Crippen molar-refractivity contribution in [2.24, 2.45) is 0 Å². The molecule has 0 unspecified atom stereocenters. The summed E-state index contributed by atoms with van der Waals surface area (Å²) < 4.78 is 16.4. The highest BCUT2D eigenvalue weighted by atomic mass is 16.7. The molecule has 1 saturated heterocycles. The molecule has 5 rings (SSSR count). The maximum atomic E-state index is 5.59. The number of nitrogens with zero attached hydrogens (tertiary/aromatic N) is 4. The van der Waals surface area contributed by atoms with Gasteiger partial charge in [-0.15, -0.1) is 0 Å². The Morgan fingerprint density at radius 2 is 1.77 bits per heavy atom. The summed E-state index contributed by atoms with van der Waals surface area (Å²) in [7, 11) is 2.19. The zero-order chi connectivity index (χ0) is 20.4. The number of rotatable bonds is 6. The van der Waals surface area contributed by atoms with Crippen molar-refractivity contribution in [2.45, 2.75) is 63.5 Å². The molecule has 7 heteroatoms. The van der Waals surface area contributed by atoms with Crippen LogP contribution in [0.15, 0.2) is 22.7 Å². The number of benzene rings is 1. The SMILES string of the molecule is CN(Cc1nc(-c2ccc3c(c2)OCO3)no1)CC1(N2CCCCC2)CCCCC1. The maximum Gasteiger partial charge on any atom is 0.241 e. The normalized spacial score (nSPS) is 21.3. The first kappa shape index (κ1) is 19.8. The smallest absolute Gasteiger partial charge is 0.241 e. The van der Waals surface area contributed by atoms with Crippen LogP contribution >= 0.6 is 0 Å². The van der Waals surface area contributed by atoms with Gasteiger partial charge in [0.2, 0.25) is 18.5 Å². The van der Waals surface area contributed by atoms with Crippen LogP contribution < -0.4 is 9.47 Å². The number of hydrogen-bond acceptors (Lipinski definition) is 7. The molecule has 0 N–H and O–H groups in total. The Hall–Kier alpha value is -2.12. The lowest BCUT2D eigenvalue weighted by Crippen LogP contribution is -2.57. The van der Waals surface area contributed by atoms with Crippen molar-refractivity contribution in [3.8, 4) is 22.9 Å². The van der Waals surface area contributed by atoms with Crippen LogP contribution in [-0.2, 0) is 6.54 Å². The van der Waals surface area contributed by atoms with Gasteiger partial charge in [-0.2, -0.15) is 4.98 Å². The van der Waals surface area contributed by atoms with E-state index in [-0.39, 0.29) is 6.79 Å². The number of aromatic nitrogens is 2. The molecule has 0 bridgehead atoms. The van der Waals surface area contributed by atoms with Crippen molar-refractivity contribution in [3.05, 3.63) is 24.1 Å². The predicted octanol–water partition coefficient (Wildman–Crippen LogP) is 4.09. The highest BCUT2D eigenvalue weighted by molar-refractivity contribution is 5.61. The molecule has 1 saturated carbocycles. The molecule has 3 aliphatic rings. The Bertz CT molecular complexity index is 856. The van der Waals surface area contributed by atoms with E-state index in [2.05, 4.69) is 27.0 Å². The second-order valence-electron chi connectivity index (χ2n) is 9.08. The van der Waals surface area contributed by atoms with Crippen LogP contribution in [0.4, 0.5) is 0 Å². The number of likely N-dealkylation sites (N-methyl/N-ethyl adjacent to an activating group) is 1. The molecule has 0 spiro atoms. The van der Waals surface area contributed by atoms with E-state index in [0.29, 0.717) is 23.8 Å². The van der Waals surface area contributed by atoms with Crippen molar-refractivity contribution in [1.29, 1.82) is 0 Å². The van der Waals surface area contributed by atoms with Gasteiger partial charge in [0.1, 0.15) is 0 Å². The van der Waals surface area contributed by atoms with Gasteiger partial charge in [-0.25, -0.2) is 0 Å². The maximum absolute atomic E-state index is 5.59. The van der Waals surface area contributed by atoms with Gasteiger partial charge in [0.15, 0.2) is 11.5 Å². The van der Waals surface area contributed by atoms with Crippen LogP contribution in [0, 0.1) is 0 Å².